The summed E-state index contributed by atoms with van der Waals surface area (Å²) in [4.78, 5) is 0. The lowest BCUT2D eigenvalue weighted by Crippen LogP contribution is -2.29. The maximum absolute atomic E-state index is 5.97. The predicted molar refractivity (Wildman–Crippen MR) is 58.1 cm³/mol. The smallest absolute Gasteiger partial charge is 0.183 e. The summed E-state index contributed by atoms with van der Waals surface area (Å²) in [6, 6.07) is 0. The van der Waals surface area contributed by atoms with E-state index in [9.17, 15) is 0 Å². The highest BCUT2D eigenvalue weighted by Crippen LogP contribution is 2.43. The van der Waals surface area contributed by atoms with Gasteiger partial charge in [0.2, 0.25) is 0 Å². The van der Waals surface area contributed by atoms with Crippen LogP contribution < -0.4 is 0 Å². The van der Waals surface area contributed by atoms with Gasteiger partial charge in [-0.1, -0.05) is 12.2 Å². The summed E-state index contributed by atoms with van der Waals surface area (Å²) in [6.07, 6.45) is 7.59. The fourth-order valence-corrected chi connectivity index (χ4v) is 3.16. The van der Waals surface area contributed by atoms with Crippen LogP contribution in [0.1, 0.15) is 12.8 Å². The van der Waals surface area contributed by atoms with Gasteiger partial charge < -0.3 is 4.43 Å². The summed E-state index contributed by atoms with van der Waals surface area (Å²) in [5.41, 5.74) is 0. The van der Waals surface area contributed by atoms with E-state index in [0.29, 0.717) is 0 Å². The third-order valence-electron chi connectivity index (χ3n) is 3.15. The van der Waals surface area contributed by atoms with Crippen LogP contribution in [-0.2, 0) is 4.43 Å². The van der Waals surface area contributed by atoms with Crippen molar-refractivity contribution in [2.45, 2.75) is 32.5 Å². The lowest BCUT2D eigenvalue weighted by Gasteiger charge is -2.24. The van der Waals surface area contributed by atoms with Crippen molar-refractivity contribution in [3.8, 4) is 0 Å². The third kappa shape index (κ3) is 2.23. The second-order valence-corrected chi connectivity index (χ2v) is 9.98. The molecule has 0 N–H and O–H groups in total. The normalized spacial score (nSPS) is 37.3. The third-order valence-corrected chi connectivity index (χ3v) is 4.18. The molecule has 74 valence electrons. The molecule has 2 bridgehead atoms. The van der Waals surface area contributed by atoms with Crippen molar-refractivity contribution in [1.82, 2.24) is 0 Å². The summed E-state index contributed by atoms with van der Waals surface area (Å²) >= 11 is 0. The Morgan fingerprint density at radius 3 is 2.46 bits per heavy atom. The quantitative estimate of drug-likeness (QED) is 0.498. The van der Waals surface area contributed by atoms with Crippen molar-refractivity contribution in [2.75, 3.05) is 6.61 Å². The minimum atomic E-state index is -1.28. The van der Waals surface area contributed by atoms with Crippen LogP contribution in [0.3, 0.4) is 0 Å². The zero-order valence-corrected chi connectivity index (χ0v) is 9.92. The summed E-state index contributed by atoms with van der Waals surface area (Å²) < 4.78 is 5.97. The number of rotatable bonds is 3. The van der Waals surface area contributed by atoms with E-state index < -0.39 is 8.32 Å². The first-order valence-corrected chi connectivity index (χ1v) is 8.78. The van der Waals surface area contributed by atoms with Gasteiger partial charge in [-0.2, -0.15) is 0 Å². The van der Waals surface area contributed by atoms with Gasteiger partial charge in [-0.15, -0.1) is 0 Å². The molecule has 0 spiro atoms. The Morgan fingerprint density at radius 2 is 2.00 bits per heavy atom. The molecule has 0 unspecified atom stereocenters. The van der Waals surface area contributed by atoms with Crippen molar-refractivity contribution >= 4 is 8.32 Å². The maximum atomic E-state index is 5.97. The van der Waals surface area contributed by atoms with E-state index in [0.717, 1.165) is 24.4 Å². The predicted octanol–water partition coefficient (Wildman–Crippen LogP) is 3.05. The minimum absolute atomic E-state index is 0.835. The molecule has 2 heteroatoms. The Morgan fingerprint density at radius 1 is 1.23 bits per heavy atom. The van der Waals surface area contributed by atoms with Gasteiger partial charge in [-0.05, 0) is 50.2 Å². The second-order valence-electron chi connectivity index (χ2n) is 5.46. The van der Waals surface area contributed by atoms with Crippen molar-refractivity contribution in [3.63, 3.8) is 0 Å². The van der Waals surface area contributed by atoms with E-state index in [2.05, 4.69) is 31.8 Å². The van der Waals surface area contributed by atoms with Gasteiger partial charge in [0.1, 0.15) is 0 Å². The SMILES string of the molecule is C[Si](C)(C)OC[C@H]1C[C@@H]2C=C[C@H]1C2. The van der Waals surface area contributed by atoms with Crippen molar-refractivity contribution in [3.05, 3.63) is 12.2 Å². The van der Waals surface area contributed by atoms with Gasteiger partial charge in [-0.25, -0.2) is 0 Å². The number of hydrogen-bond donors (Lipinski definition) is 0. The molecule has 0 amide bonds. The summed E-state index contributed by atoms with van der Waals surface area (Å²) in [5.74, 6) is 2.57. The monoisotopic (exact) mass is 196 g/mol. The van der Waals surface area contributed by atoms with Crippen molar-refractivity contribution in [2.24, 2.45) is 17.8 Å². The molecule has 13 heavy (non-hydrogen) atoms. The molecule has 0 aromatic rings. The van der Waals surface area contributed by atoms with Crippen LogP contribution in [0.2, 0.25) is 19.6 Å². The Kier molecular flexibility index (Phi) is 2.36. The van der Waals surface area contributed by atoms with Crippen LogP contribution in [0.25, 0.3) is 0 Å². The van der Waals surface area contributed by atoms with Gasteiger partial charge >= 0.3 is 0 Å². The second kappa shape index (κ2) is 3.25. The molecule has 0 aliphatic heterocycles. The topological polar surface area (TPSA) is 9.23 Å². The van der Waals surface area contributed by atoms with E-state index in [1.165, 1.54) is 12.8 Å². The van der Waals surface area contributed by atoms with Crippen LogP contribution in [0.4, 0.5) is 0 Å². The van der Waals surface area contributed by atoms with E-state index in [1.807, 2.05) is 0 Å². The van der Waals surface area contributed by atoms with Gasteiger partial charge in [0.15, 0.2) is 8.32 Å². The molecule has 0 saturated heterocycles. The first kappa shape index (κ1) is 9.47. The van der Waals surface area contributed by atoms with Gasteiger partial charge in [0.25, 0.3) is 0 Å². The van der Waals surface area contributed by atoms with E-state index >= 15 is 0 Å². The molecule has 2 aliphatic carbocycles. The lowest BCUT2D eigenvalue weighted by atomic mass is 9.95. The maximum Gasteiger partial charge on any atom is 0.183 e. The number of allylic oxidation sites excluding steroid dienone is 2. The van der Waals surface area contributed by atoms with Crippen LogP contribution >= 0.6 is 0 Å². The average Bonchev–Trinajstić information content (AvgIpc) is 2.58. The van der Waals surface area contributed by atoms with Crippen molar-refractivity contribution < 1.29 is 4.43 Å². The molecular formula is C11H20OSi. The lowest BCUT2D eigenvalue weighted by molar-refractivity contribution is 0.222. The van der Waals surface area contributed by atoms with Gasteiger partial charge in [-0.3, -0.25) is 0 Å². The number of fused-ring (bicyclic) bond motifs is 2. The molecule has 0 aromatic heterocycles. The molecule has 1 nitrogen and oxygen atoms in total. The Hall–Kier alpha value is -0.0831. The summed E-state index contributed by atoms with van der Waals surface area (Å²) in [6.45, 7) is 7.84. The Bertz CT molecular complexity index is 217. The Balaban J connectivity index is 1.81. The zero-order chi connectivity index (χ0) is 9.47. The van der Waals surface area contributed by atoms with Crippen LogP contribution in [0, 0.1) is 17.8 Å². The van der Waals surface area contributed by atoms with Gasteiger partial charge in [0, 0.05) is 6.61 Å². The minimum Gasteiger partial charge on any atom is -0.417 e. The highest BCUT2D eigenvalue weighted by atomic mass is 28.4. The fraction of sp³-hybridized carbons (Fsp3) is 0.818. The molecule has 2 rings (SSSR count). The molecule has 0 heterocycles. The molecule has 0 radical (unpaired) electrons. The fourth-order valence-electron chi connectivity index (χ4n) is 2.44. The summed E-state index contributed by atoms with van der Waals surface area (Å²) in [5, 5.41) is 0. The standard InChI is InChI=1S/C11H20OSi/c1-13(2,3)12-8-11-7-9-4-5-10(11)6-9/h4-5,9-11H,6-8H2,1-3H3/t9-,10+,11-/m1/s1. The first-order valence-electron chi connectivity index (χ1n) is 5.37. The molecule has 3 atom stereocenters. The van der Waals surface area contributed by atoms with Gasteiger partial charge in [0.05, 0.1) is 0 Å². The molecule has 1 saturated carbocycles. The van der Waals surface area contributed by atoms with E-state index in [1.54, 1.807) is 0 Å². The molecule has 0 aromatic carbocycles. The summed E-state index contributed by atoms with van der Waals surface area (Å²) in [7, 11) is -1.28. The van der Waals surface area contributed by atoms with E-state index in [4.69, 9.17) is 4.43 Å². The zero-order valence-electron chi connectivity index (χ0n) is 8.92. The highest BCUT2D eigenvalue weighted by Gasteiger charge is 2.36. The molecular weight excluding hydrogens is 176 g/mol. The van der Waals surface area contributed by atoms with Crippen LogP contribution in [0.15, 0.2) is 12.2 Å². The molecule has 2 aliphatic rings. The highest BCUT2D eigenvalue weighted by molar-refractivity contribution is 6.69. The largest absolute Gasteiger partial charge is 0.417 e. The first-order chi connectivity index (χ1) is 6.04. The van der Waals surface area contributed by atoms with Crippen LogP contribution in [-0.4, -0.2) is 14.9 Å². The molecule has 1 fully saturated rings. The number of hydrogen-bond acceptors (Lipinski definition) is 1. The van der Waals surface area contributed by atoms with Crippen LogP contribution in [0.5, 0.6) is 0 Å². The average molecular weight is 196 g/mol. The van der Waals surface area contributed by atoms with E-state index in [-0.39, 0.29) is 0 Å². The van der Waals surface area contributed by atoms with Crippen molar-refractivity contribution in [1.29, 1.82) is 0 Å². The Labute approximate surface area is 82.3 Å².